The van der Waals surface area contributed by atoms with Gasteiger partial charge >= 0.3 is 0 Å². The Bertz CT molecular complexity index is 576. The number of benzene rings is 1. The summed E-state index contributed by atoms with van der Waals surface area (Å²) in [7, 11) is 0. The third-order valence-corrected chi connectivity index (χ3v) is 5.25. The molecule has 3 nitrogen and oxygen atoms in total. The normalized spacial score (nSPS) is 21.9. The van der Waals surface area contributed by atoms with Crippen molar-refractivity contribution in [3.8, 4) is 0 Å². The summed E-state index contributed by atoms with van der Waals surface area (Å²) in [6.45, 7) is 0. The molecule has 0 aromatic heterocycles. The molecule has 112 valence electrons. The number of amides is 2. The molecule has 1 aliphatic carbocycles. The van der Waals surface area contributed by atoms with Crippen molar-refractivity contribution in [1.82, 2.24) is 0 Å². The lowest BCUT2D eigenvalue weighted by molar-refractivity contribution is -0.134. The molecular weight excluding hydrogens is 337 g/mol. The van der Waals surface area contributed by atoms with Crippen LogP contribution < -0.4 is 4.90 Å². The van der Waals surface area contributed by atoms with E-state index in [9.17, 15) is 14.0 Å². The monoisotopic (exact) mass is 353 g/mol. The molecule has 1 saturated carbocycles. The van der Waals surface area contributed by atoms with Gasteiger partial charge in [0.2, 0.25) is 11.8 Å². The van der Waals surface area contributed by atoms with Crippen molar-refractivity contribution in [2.45, 2.75) is 44.9 Å². The van der Waals surface area contributed by atoms with Crippen LogP contribution in [0.3, 0.4) is 0 Å². The van der Waals surface area contributed by atoms with Gasteiger partial charge in [-0.2, -0.15) is 0 Å². The van der Waals surface area contributed by atoms with Crippen molar-refractivity contribution in [1.29, 1.82) is 0 Å². The predicted molar refractivity (Wildman–Crippen MR) is 81.3 cm³/mol. The van der Waals surface area contributed by atoms with Crippen molar-refractivity contribution < 1.29 is 14.0 Å². The van der Waals surface area contributed by atoms with Gasteiger partial charge in [0.05, 0.1) is 5.69 Å². The van der Waals surface area contributed by atoms with E-state index in [1.165, 1.54) is 29.5 Å². The zero-order chi connectivity index (χ0) is 15.0. The highest BCUT2D eigenvalue weighted by Crippen LogP contribution is 2.46. The second-order valence-corrected chi connectivity index (χ2v) is 6.99. The van der Waals surface area contributed by atoms with Crippen LogP contribution in [0, 0.1) is 11.2 Å². The summed E-state index contributed by atoms with van der Waals surface area (Å²) in [4.78, 5) is 26.2. The fourth-order valence-corrected chi connectivity index (χ4v) is 4.12. The fourth-order valence-electron chi connectivity index (χ4n) is 3.59. The Morgan fingerprint density at radius 3 is 2.24 bits per heavy atom. The van der Waals surface area contributed by atoms with E-state index >= 15 is 0 Å². The van der Waals surface area contributed by atoms with E-state index in [-0.39, 0.29) is 17.2 Å². The van der Waals surface area contributed by atoms with Gasteiger partial charge in [0.15, 0.2) is 0 Å². The van der Waals surface area contributed by atoms with Gasteiger partial charge in [0.25, 0.3) is 0 Å². The third kappa shape index (κ3) is 2.76. The van der Waals surface area contributed by atoms with Crippen LogP contribution in [0.2, 0.25) is 0 Å². The maximum atomic E-state index is 13.2. The second kappa shape index (κ2) is 5.52. The molecule has 0 atom stereocenters. The van der Waals surface area contributed by atoms with Crippen LogP contribution in [0.5, 0.6) is 0 Å². The molecular formula is C16H17BrFNO2. The van der Waals surface area contributed by atoms with Gasteiger partial charge in [-0.25, -0.2) is 9.29 Å². The molecule has 3 rings (SSSR count). The smallest absolute Gasteiger partial charge is 0.234 e. The van der Waals surface area contributed by atoms with Crippen LogP contribution in [0.4, 0.5) is 10.1 Å². The van der Waals surface area contributed by atoms with Crippen molar-refractivity contribution >= 4 is 33.4 Å². The first-order chi connectivity index (χ1) is 10.0. The number of halogens is 2. The van der Waals surface area contributed by atoms with Crippen LogP contribution in [0.15, 0.2) is 22.7 Å². The zero-order valence-electron chi connectivity index (χ0n) is 11.7. The molecule has 0 radical (unpaired) electrons. The third-order valence-electron chi connectivity index (χ3n) is 4.62. The largest absolute Gasteiger partial charge is 0.274 e. The SMILES string of the molecule is O=C1CC2(CCCCC2)CC(=O)N1c1ccc(F)cc1Br. The minimum absolute atomic E-state index is 0.130. The number of nitrogens with zero attached hydrogens (tertiary/aromatic N) is 1. The number of rotatable bonds is 1. The number of imide groups is 1. The first-order valence-corrected chi connectivity index (χ1v) is 8.11. The van der Waals surface area contributed by atoms with E-state index in [1.807, 2.05) is 0 Å². The molecule has 0 N–H and O–H groups in total. The van der Waals surface area contributed by atoms with Gasteiger partial charge in [-0.05, 0) is 52.4 Å². The highest BCUT2D eigenvalue weighted by Gasteiger charge is 2.44. The molecule has 2 aliphatic rings. The Balaban J connectivity index is 1.88. The van der Waals surface area contributed by atoms with Crippen molar-refractivity contribution in [2.75, 3.05) is 4.90 Å². The number of hydrogen-bond acceptors (Lipinski definition) is 2. The van der Waals surface area contributed by atoms with Gasteiger partial charge < -0.3 is 0 Å². The molecule has 1 aromatic carbocycles. The number of anilines is 1. The Morgan fingerprint density at radius 1 is 1.05 bits per heavy atom. The highest BCUT2D eigenvalue weighted by molar-refractivity contribution is 9.10. The molecule has 21 heavy (non-hydrogen) atoms. The molecule has 1 aromatic rings. The summed E-state index contributed by atoms with van der Waals surface area (Å²) in [6.07, 6.45) is 6.15. The summed E-state index contributed by atoms with van der Waals surface area (Å²) in [5.41, 5.74) is 0.312. The average Bonchev–Trinajstić information content (AvgIpc) is 2.41. The number of carbonyl (C=O) groups excluding carboxylic acids is 2. The lowest BCUT2D eigenvalue weighted by atomic mass is 9.67. The van der Waals surface area contributed by atoms with E-state index in [1.54, 1.807) is 0 Å². The Hall–Kier alpha value is -1.23. The van der Waals surface area contributed by atoms with Gasteiger partial charge in [0.1, 0.15) is 5.82 Å². The Labute approximate surface area is 131 Å². The average molecular weight is 354 g/mol. The van der Waals surface area contributed by atoms with Gasteiger partial charge in [-0.3, -0.25) is 9.59 Å². The molecule has 2 amide bonds. The number of piperidine rings is 1. The Kier molecular flexibility index (Phi) is 3.86. The predicted octanol–water partition coefficient (Wildman–Crippen LogP) is 4.19. The molecule has 0 unspecified atom stereocenters. The summed E-state index contributed by atoms with van der Waals surface area (Å²) in [5, 5.41) is 0. The zero-order valence-corrected chi connectivity index (χ0v) is 13.3. The first kappa shape index (κ1) is 14.7. The molecule has 5 heteroatoms. The van der Waals surface area contributed by atoms with Gasteiger partial charge in [-0.15, -0.1) is 0 Å². The van der Waals surface area contributed by atoms with Crippen LogP contribution in [-0.4, -0.2) is 11.8 Å². The summed E-state index contributed by atoms with van der Waals surface area (Å²) in [6, 6.07) is 4.03. The summed E-state index contributed by atoms with van der Waals surface area (Å²) >= 11 is 3.24. The van der Waals surface area contributed by atoms with Crippen molar-refractivity contribution in [3.63, 3.8) is 0 Å². The minimum Gasteiger partial charge on any atom is -0.274 e. The molecule has 1 spiro atoms. The molecule has 1 heterocycles. The van der Waals surface area contributed by atoms with Crippen molar-refractivity contribution in [2.24, 2.45) is 5.41 Å². The second-order valence-electron chi connectivity index (χ2n) is 6.13. The van der Waals surface area contributed by atoms with Crippen LogP contribution in [0.1, 0.15) is 44.9 Å². The number of carbonyl (C=O) groups is 2. The fraction of sp³-hybridized carbons (Fsp3) is 0.500. The lowest BCUT2D eigenvalue weighted by Gasteiger charge is -2.42. The topological polar surface area (TPSA) is 37.4 Å². The van der Waals surface area contributed by atoms with Crippen LogP contribution in [0.25, 0.3) is 0 Å². The maximum Gasteiger partial charge on any atom is 0.234 e. The van der Waals surface area contributed by atoms with Crippen molar-refractivity contribution in [3.05, 3.63) is 28.5 Å². The highest BCUT2D eigenvalue weighted by atomic mass is 79.9. The minimum atomic E-state index is -0.397. The molecule has 0 bridgehead atoms. The molecule has 2 fully saturated rings. The van der Waals surface area contributed by atoms with Crippen LogP contribution >= 0.6 is 15.9 Å². The van der Waals surface area contributed by atoms with E-state index in [2.05, 4.69) is 15.9 Å². The lowest BCUT2D eigenvalue weighted by Crippen LogP contribution is -2.49. The Morgan fingerprint density at radius 2 is 1.67 bits per heavy atom. The number of hydrogen-bond donors (Lipinski definition) is 0. The maximum absolute atomic E-state index is 13.2. The summed E-state index contributed by atoms with van der Waals surface area (Å²) < 4.78 is 13.6. The standard InChI is InChI=1S/C16H17BrFNO2/c17-12-8-11(18)4-5-13(12)19-14(20)9-16(10-15(19)21)6-2-1-3-7-16/h4-5,8H,1-3,6-7,9-10H2. The van der Waals surface area contributed by atoms with Gasteiger partial charge in [0, 0.05) is 17.3 Å². The van der Waals surface area contributed by atoms with E-state index in [4.69, 9.17) is 0 Å². The quantitative estimate of drug-likeness (QED) is 0.709. The van der Waals surface area contributed by atoms with Gasteiger partial charge in [-0.1, -0.05) is 19.3 Å². The van der Waals surface area contributed by atoms with E-state index < -0.39 is 5.82 Å². The van der Waals surface area contributed by atoms with E-state index in [0.717, 1.165) is 25.7 Å². The van der Waals surface area contributed by atoms with E-state index in [0.29, 0.717) is 23.0 Å². The van der Waals surface area contributed by atoms with Crippen LogP contribution in [-0.2, 0) is 9.59 Å². The molecule has 1 aliphatic heterocycles. The first-order valence-electron chi connectivity index (χ1n) is 7.32. The molecule has 1 saturated heterocycles. The summed E-state index contributed by atoms with van der Waals surface area (Å²) in [5.74, 6) is -0.729.